The van der Waals surface area contributed by atoms with Gasteiger partial charge in [0, 0.05) is 11.6 Å². The first-order chi connectivity index (χ1) is 9.71. The molecule has 0 aliphatic heterocycles. The van der Waals surface area contributed by atoms with Gasteiger partial charge in [0.25, 0.3) is 0 Å². The summed E-state index contributed by atoms with van der Waals surface area (Å²) >= 11 is 0. The topological polar surface area (TPSA) is 55.1 Å². The van der Waals surface area contributed by atoms with Crippen LogP contribution in [0.3, 0.4) is 0 Å². The summed E-state index contributed by atoms with van der Waals surface area (Å²) in [5.41, 5.74) is 9.26. The van der Waals surface area contributed by atoms with Gasteiger partial charge in [0.2, 0.25) is 5.91 Å². The minimum atomic E-state index is 0.0922. The van der Waals surface area contributed by atoms with Crippen molar-refractivity contribution < 1.29 is 4.79 Å². The lowest BCUT2D eigenvalue weighted by Gasteiger charge is -2.20. The smallest absolute Gasteiger partial charge is 0.227 e. The van der Waals surface area contributed by atoms with Crippen molar-refractivity contribution in [2.45, 2.75) is 46.0 Å². The molecule has 0 saturated heterocycles. The second-order valence-electron chi connectivity index (χ2n) is 5.68. The summed E-state index contributed by atoms with van der Waals surface area (Å²) in [6, 6.07) is 6.28. The highest BCUT2D eigenvalue weighted by atomic mass is 16.1. The van der Waals surface area contributed by atoms with Gasteiger partial charge in [-0.1, -0.05) is 38.5 Å². The van der Waals surface area contributed by atoms with E-state index < -0.39 is 0 Å². The number of rotatable bonds is 5. The molecule has 1 aromatic rings. The Kier molecular flexibility index (Phi) is 5.18. The number of anilines is 1. The molecular weight excluding hydrogens is 248 g/mol. The van der Waals surface area contributed by atoms with Crippen molar-refractivity contribution in [3.05, 3.63) is 29.3 Å². The molecule has 0 aromatic heterocycles. The number of carbonyl (C=O) groups is 1. The summed E-state index contributed by atoms with van der Waals surface area (Å²) in [6.07, 6.45) is 5.06. The summed E-state index contributed by atoms with van der Waals surface area (Å²) in [5, 5.41) is 3.19. The third kappa shape index (κ3) is 3.04. The van der Waals surface area contributed by atoms with Crippen LogP contribution in [0.25, 0.3) is 0 Å². The molecule has 1 aliphatic carbocycles. The van der Waals surface area contributed by atoms with Gasteiger partial charge >= 0.3 is 0 Å². The van der Waals surface area contributed by atoms with Crippen LogP contribution in [-0.4, -0.2) is 12.5 Å². The van der Waals surface area contributed by atoms with Crippen molar-refractivity contribution in [2.24, 2.45) is 17.6 Å². The monoisotopic (exact) mass is 274 g/mol. The van der Waals surface area contributed by atoms with E-state index in [1.165, 1.54) is 11.1 Å². The van der Waals surface area contributed by atoms with Crippen molar-refractivity contribution >= 4 is 11.6 Å². The molecule has 2 rings (SSSR count). The van der Waals surface area contributed by atoms with Gasteiger partial charge in [-0.2, -0.15) is 0 Å². The Morgan fingerprint density at radius 3 is 2.45 bits per heavy atom. The highest BCUT2D eigenvalue weighted by Crippen LogP contribution is 2.33. The lowest BCUT2D eigenvalue weighted by atomic mass is 9.94. The van der Waals surface area contributed by atoms with E-state index in [1.807, 2.05) is 0 Å². The Morgan fingerprint density at radius 2 is 1.90 bits per heavy atom. The van der Waals surface area contributed by atoms with Crippen LogP contribution < -0.4 is 11.1 Å². The second kappa shape index (κ2) is 6.89. The number of aryl methyl sites for hydroxylation is 2. The highest BCUT2D eigenvalue weighted by molar-refractivity contribution is 5.94. The Bertz CT molecular complexity index is 448. The fourth-order valence-electron chi connectivity index (χ4n) is 3.28. The number of hydrogen-bond acceptors (Lipinski definition) is 2. The van der Waals surface area contributed by atoms with Gasteiger partial charge in [-0.15, -0.1) is 0 Å². The standard InChI is InChI=1S/C17H26N2O/c1-3-12-7-5-8-13(4-2)16(12)19-17(20)15-10-6-9-14(15)11-18/h5,7-8,14-15H,3-4,6,9-11,18H2,1-2H3,(H,19,20). The Hall–Kier alpha value is -1.35. The van der Waals surface area contributed by atoms with E-state index in [9.17, 15) is 4.79 Å². The van der Waals surface area contributed by atoms with E-state index in [2.05, 4.69) is 37.4 Å². The predicted octanol–water partition coefficient (Wildman–Crippen LogP) is 3.12. The maximum atomic E-state index is 12.6. The first-order valence-corrected chi connectivity index (χ1v) is 7.82. The Balaban J connectivity index is 2.19. The average molecular weight is 274 g/mol. The number of nitrogens with two attached hydrogens (primary N) is 1. The van der Waals surface area contributed by atoms with Crippen LogP contribution in [-0.2, 0) is 17.6 Å². The molecule has 1 saturated carbocycles. The quantitative estimate of drug-likeness (QED) is 0.866. The molecule has 0 heterocycles. The molecule has 1 aromatic carbocycles. The van der Waals surface area contributed by atoms with Gasteiger partial charge in [-0.3, -0.25) is 4.79 Å². The van der Waals surface area contributed by atoms with E-state index >= 15 is 0 Å². The maximum absolute atomic E-state index is 12.6. The lowest BCUT2D eigenvalue weighted by Crippen LogP contribution is -2.30. The van der Waals surface area contributed by atoms with Gasteiger partial charge in [0.1, 0.15) is 0 Å². The average Bonchev–Trinajstić information content (AvgIpc) is 2.95. The van der Waals surface area contributed by atoms with Gasteiger partial charge in [-0.05, 0) is 49.3 Å². The zero-order chi connectivity index (χ0) is 14.5. The third-order valence-electron chi connectivity index (χ3n) is 4.55. The summed E-state index contributed by atoms with van der Waals surface area (Å²) in [4.78, 5) is 12.6. The van der Waals surface area contributed by atoms with E-state index in [-0.39, 0.29) is 11.8 Å². The number of para-hydroxylation sites is 1. The van der Waals surface area contributed by atoms with Crippen LogP contribution in [0.1, 0.15) is 44.2 Å². The Labute approximate surface area is 121 Å². The van der Waals surface area contributed by atoms with Crippen molar-refractivity contribution in [1.29, 1.82) is 0 Å². The molecule has 1 amide bonds. The second-order valence-corrected chi connectivity index (χ2v) is 5.68. The third-order valence-corrected chi connectivity index (χ3v) is 4.55. The molecule has 110 valence electrons. The Morgan fingerprint density at radius 1 is 1.25 bits per heavy atom. The molecule has 3 heteroatoms. The van der Waals surface area contributed by atoms with Crippen LogP contribution in [0.15, 0.2) is 18.2 Å². The number of amides is 1. The van der Waals surface area contributed by atoms with Crippen molar-refractivity contribution in [2.75, 3.05) is 11.9 Å². The molecular formula is C17H26N2O. The fourth-order valence-corrected chi connectivity index (χ4v) is 3.28. The first kappa shape index (κ1) is 15.0. The number of nitrogens with one attached hydrogen (secondary N) is 1. The maximum Gasteiger partial charge on any atom is 0.227 e. The minimum absolute atomic E-state index is 0.0922. The SMILES string of the molecule is CCc1cccc(CC)c1NC(=O)C1CCCC1CN. The zero-order valence-electron chi connectivity index (χ0n) is 12.6. The number of benzene rings is 1. The molecule has 2 atom stereocenters. The van der Waals surface area contributed by atoms with Crippen LogP contribution in [0.5, 0.6) is 0 Å². The van der Waals surface area contributed by atoms with Crippen LogP contribution >= 0.6 is 0 Å². The number of hydrogen-bond donors (Lipinski definition) is 2. The van der Waals surface area contributed by atoms with E-state index in [1.54, 1.807) is 0 Å². The molecule has 0 bridgehead atoms. The van der Waals surface area contributed by atoms with Gasteiger partial charge in [0.05, 0.1) is 0 Å². The van der Waals surface area contributed by atoms with Crippen LogP contribution in [0, 0.1) is 11.8 Å². The van der Waals surface area contributed by atoms with Gasteiger partial charge < -0.3 is 11.1 Å². The molecule has 2 unspecified atom stereocenters. The van der Waals surface area contributed by atoms with Gasteiger partial charge in [-0.25, -0.2) is 0 Å². The largest absolute Gasteiger partial charge is 0.330 e. The van der Waals surface area contributed by atoms with Crippen LogP contribution in [0.2, 0.25) is 0 Å². The summed E-state index contributed by atoms with van der Waals surface area (Å²) in [5.74, 6) is 0.608. The molecule has 0 spiro atoms. The summed E-state index contributed by atoms with van der Waals surface area (Å²) in [6.45, 7) is 4.87. The fraction of sp³-hybridized carbons (Fsp3) is 0.588. The zero-order valence-corrected chi connectivity index (χ0v) is 12.6. The normalized spacial score (nSPS) is 21.9. The summed E-state index contributed by atoms with van der Waals surface area (Å²) in [7, 11) is 0. The van der Waals surface area contributed by atoms with Crippen molar-refractivity contribution in [1.82, 2.24) is 0 Å². The summed E-state index contributed by atoms with van der Waals surface area (Å²) < 4.78 is 0. The minimum Gasteiger partial charge on any atom is -0.330 e. The molecule has 3 N–H and O–H groups in total. The van der Waals surface area contributed by atoms with E-state index in [0.717, 1.165) is 37.8 Å². The van der Waals surface area contributed by atoms with E-state index in [4.69, 9.17) is 5.73 Å². The van der Waals surface area contributed by atoms with Crippen molar-refractivity contribution in [3.8, 4) is 0 Å². The van der Waals surface area contributed by atoms with Gasteiger partial charge in [0.15, 0.2) is 0 Å². The number of carbonyl (C=O) groups excluding carboxylic acids is 1. The molecule has 20 heavy (non-hydrogen) atoms. The first-order valence-electron chi connectivity index (χ1n) is 7.82. The molecule has 1 aliphatic rings. The highest BCUT2D eigenvalue weighted by Gasteiger charge is 2.32. The van der Waals surface area contributed by atoms with E-state index in [0.29, 0.717) is 12.5 Å². The lowest BCUT2D eigenvalue weighted by molar-refractivity contribution is -0.120. The molecule has 1 fully saturated rings. The van der Waals surface area contributed by atoms with Crippen LogP contribution in [0.4, 0.5) is 5.69 Å². The molecule has 3 nitrogen and oxygen atoms in total. The molecule has 0 radical (unpaired) electrons. The predicted molar refractivity (Wildman–Crippen MR) is 83.7 cm³/mol. The van der Waals surface area contributed by atoms with Crippen molar-refractivity contribution in [3.63, 3.8) is 0 Å².